The first kappa shape index (κ1) is 19.2. The van der Waals surface area contributed by atoms with E-state index in [1.54, 1.807) is 24.3 Å². The summed E-state index contributed by atoms with van der Waals surface area (Å²) < 4.78 is 45.5. The highest BCUT2D eigenvalue weighted by Gasteiger charge is 2.38. The van der Waals surface area contributed by atoms with Gasteiger partial charge in [0, 0.05) is 5.56 Å². The number of aromatic nitrogens is 2. The van der Waals surface area contributed by atoms with Crippen LogP contribution in [-0.2, 0) is 17.5 Å². The van der Waals surface area contributed by atoms with E-state index >= 15 is 0 Å². The molecule has 0 aliphatic rings. The minimum absolute atomic E-state index is 0.114. The van der Waals surface area contributed by atoms with Gasteiger partial charge in [0.25, 0.3) is 11.8 Å². The van der Waals surface area contributed by atoms with Crippen LogP contribution in [-0.4, -0.2) is 28.5 Å². The first-order valence-corrected chi connectivity index (χ1v) is 8.05. The summed E-state index contributed by atoms with van der Waals surface area (Å²) >= 11 is 0. The molecule has 10 heteroatoms. The van der Waals surface area contributed by atoms with Crippen molar-refractivity contribution < 1.29 is 27.5 Å². The van der Waals surface area contributed by atoms with E-state index in [0.717, 1.165) is 4.57 Å². The molecular weight excluding hydrogens is 377 g/mol. The van der Waals surface area contributed by atoms with Crippen LogP contribution in [0.1, 0.15) is 16.2 Å². The summed E-state index contributed by atoms with van der Waals surface area (Å²) in [5.41, 5.74) is 4.75. The minimum Gasteiger partial charge on any atom is -0.497 e. The number of hydrogen-bond donors (Lipinski definition) is 2. The second kappa shape index (κ2) is 7.59. The van der Waals surface area contributed by atoms with E-state index in [1.807, 2.05) is 0 Å². The lowest BCUT2D eigenvalue weighted by atomic mass is 10.2. The maximum absolute atomic E-state index is 13.2. The van der Waals surface area contributed by atoms with E-state index in [1.165, 1.54) is 31.4 Å². The van der Waals surface area contributed by atoms with Gasteiger partial charge in [0.05, 0.1) is 18.1 Å². The Morgan fingerprint density at radius 2 is 1.86 bits per heavy atom. The van der Waals surface area contributed by atoms with Gasteiger partial charge in [-0.2, -0.15) is 13.2 Å². The number of carbonyl (C=O) groups is 2. The zero-order valence-corrected chi connectivity index (χ0v) is 14.6. The number of hydrogen-bond acceptors (Lipinski definition) is 4. The van der Waals surface area contributed by atoms with Crippen molar-refractivity contribution in [3.05, 3.63) is 59.9 Å². The number of carbonyl (C=O) groups excluding carboxylic acids is 2. The molecule has 7 nitrogen and oxygen atoms in total. The van der Waals surface area contributed by atoms with Gasteiger partial charge in [0.1, 0.15) is 12.3 Å². The summed E-state index contributed by atoms with van der Waals surface area (Å²) in [4.78, 5) is 27.8. The maximum atomic E-state index is 13.2. The Bertz CT molecular complexity index is 1030. The van der Waals surface area contributed by atoms with Crippen molar-refractivity contribution in [3.8, 4) is 5.75 Å². The highest BCUT2D eigenvalue weighted by atomic mass is 19.4. The van der Waals surface area contributed by atoms with Gasteiger partial charge in [0.2, 0.25) is 5.82 Å². The molecule has 0 fully saturated rings. The molecule has 0 atom stereocenters. The van der Waals surface area contributed by atoms with Gasteiger partial charge in [-0.15, -0.1) is 0 Å². The normalized spacial score (nSPS) is 11.3. The fraction of sp³-hybridized carbons (Fsp3) is 0.167. The SMILES string of the molecule is COc1cccc(C(=O)NNC(=O)Cn2c(C(F)(F)F)nc3ccccc32)c1. The Hall–Kier alpha value is -3.56. The molecule has 2 aromatic carbocycles. The predicted octanol–water partition coefficient (Wildman–Crippen LogP) is 2.52. The van der Waals surface area contributed by atoms with Crippen LogP contribution in [0, 0.1) is 0 Å². The van der Waals surface area contributed by atoms with Gasteiger partial charge in [-0.05, 0) is 30.3 Å². The van der Waals surface area contributed by atoms with Gasteiger partial charge in [-0.3, -0.25) is 20.4 Å². The third kappa shape index (κ3) is 4.05. The molecule has 0 aliphatic carbocycles. The van der Waals surface area contributed by atoms with Gasteiger partial charge < -0.3 is 9.30 Å². The van der Waals surface area contributed by atoms with Crippen molar-refractivity contribution in [1.29, 1.82) is 0 Å². The lowest BCUT2D eigenvalue weighted by molar-refractivity contribution is -0.147. The Kier molecular flexibility index (Phi) is 5.21. The molecule has 0 saturated carbocycles. The number of benzene rings is 2. The first-order chi connectivity index (χ1) is 13.3. The molecule has 0 spiro atoms. The molecule has 0 unspecified atom stereocenters. The van der Waals surface area contributed by atoms with Gasteiger partial charge in [0.15, 0.2) is 0 Å². The van der Waals surface area contributed by atoms with E-state index < -0.39 is 30.4 Å². The van der Waals surface area contributed by atoms with Crippen LogP contribution in [0.15, 0.2) is 48.5 Å². The Balaban J connectivity index is 1.74. The molecule has 3 aromatic rings. The van der Waals surface area contributed by atoms with E-state index in [9.17, 15) is 22.8 Å². The lowest BCUT2D eigenvalue weighted by Crippen LogP contribution is -2.43. The van der Waals surface area contributed by atoms with Crippen molar-refractivity contribution in [3.63, 3.8) is 0 Å². The van der Waals surface area contributed by atoms with Crippen LogP contribution in [0.25, 0.3) is 11.0 Å². The number of rotatable bonds is 4. The number of imidazole rings is 1. The number of nitrogens with one attached hydrogen (secondary N) is 2. The van der Waals surface area contributed by atoms with Gasteiger partial charge in [-0.1, -0.05) is 18.2 Å². The minimum atomic E-state index is -4.73. The third-order valence-corrected chi connectivity index (χ3v) is 3.86. The second-order valence-corrected chi connectivity index (χ2v) is 5.74. The third-order valence-electron chi connectivity index (χ3n) is 3.86. The summed E-state index contributed by atoms with van der Waals surface area (Å²) in [7, 11) is 1.44. The number of alkyl halides is 3. The number of para-hydroxylation sites is 2. The van der Waals surface area contributed by atoms with E-state index in [0.29, 0.717) is 5.75 Å². The van der Waals surface area contributed by atoms with Crippen LogP contribution in [0.2, 0.25) is 0 Å². The number of fused-ring (bicyclic) bond motifs is 1. The van der Waals surface area contributed by atoms with E-state index in [-0.39, 0.29) is 16.6 Å². The number of halogens is 3. The van der Waals surface area contributed by atoms with Crippen LogP contribution in [0.5, 0.6) is 5.75 Å². The zero-order chi connectivity index (χ0) is 20.3. The van der Waals surface area contributed by atoms with Crippen LogP contribution in [0.3, 0.4) is 0 Å². The number of methoxy groups -OCH3 is 1. The summed E-state index contributed by atoms with van der Waals surface area (Å²) in [6.45, 7) is -0.673. The molecule has 0 saturated heterocycles. The number of hydrazine groups is 1. The van der Waals surface area contributed by atoms with Crippen molar-refractivity contribution in [2.24, 2.45) is 0 Å². The standard InChI is InChI=1S/C18H15F3N4O3/c1-28-12-6-4-5-11(9-12)16(27)24-23-15(26)10-25-14-8-3-2-7-13(14)22-17(25)18(19,20)21/h2-9H,10H2,1H3,(H,23,26)(H,24,27). The number of nitrogens with zero attached hydrogens (tertiary/aromatic N) is 2. The molecule has 28 heavy (non-hydrogen) atoms. The summed E-state index contributed by atoms with van der Waals surface area (Å²) in [6.07, 6.45) is -4.73. The highest BCUT2D eigenvalue weighted by molar-refractivity contribution is 5.95. The molecule has 2 amide bonds. The van der Waals surface area contributed by atoms with Crippen molar-refractivity contribution in [2.75, 3.05) is 7.11 Å². The van der Waals surface area contributed by atoms with Gasteiger partial charge >= 0.3 is 6.18 Å². The first-order valence-electron chi connectivity index (χ1n) is 8.05. The lowest BCUT2D eigenvalue weighted by Gasteiger charge is -2.12. The van der Waals surface area contributed by atoms with Crippen LogP contribution in [0.4, 0.5) is 13.2 Å². The molecule has 146 valence electrons. The summed E-state index contributed by atoms with van der Waals surface area (Å²) in [5, 5.41) is 0. The van der Waals surface area contributed by atoms with Gasteiger partial charge in [-0.25, -0.2) is 4.98 Å². The molecule has 2 N–H and O–H groups in total. The molecule has 3 rings (SSSR count). The zero-order valence-electron chi connectivity index (χ0n) is 14.6. The Morgan fingerprint density at radius 1 is 1.11 bits per heavy atom. The largest absolute Gasteiger partial charge is 0.497 e. The van der Waals surface area contributed by atoms with E-state index in [4.69, 9.17) is 4.74 Å². The molecule has 1 heterocycles. The topological polar surface area (TPSA) is 85.3 Å². The molecule has 0 aliphatic heterocycles. The van der Waals surface area contributed by atoms with Crippen LogP contribution < -0.4 is 15.6 Å². The van der Waals surface area contributed by atoms with Crippen molar-refractivity contribution in [2.45, 2.75) is 12.7 Å². The average molecular weight is 392 g/mol. The average Bonchev–Trinajstić information content (AvgIpc) is 3.05. The fourth-order valence-electron chi connectivity index (χ4n) is 2.60. The van der Waals surface area contributed by atoms with E-state index in [2.05, 4.69) is 15.8 Å². The summed E-state index contributed by atoms with van der Waals surface area (Å²) in [6, 6.07) is 12.1. The Morgan fingerprint density at radius 3 is 2.57 bits per heavy atom. The smallest absolute Gasteiger partial charge is 0.449 e. The highest BCUT2D eigenvalue weighted by Crippen LogP contribution is 2.31. The molecule has 0 radical (unpaired) electrons. The number of ether oxygens (including phenoxy) is 1. The van der Waals surface area contributed by atoms with Crippen molar-refractivity contribution in [1.82, 2.24) is 20.4 Å². The van der Waals surface area contributed by atoms with Crippen molar-refractivity contribution >= 4 is 22.8 Å². The molecular formula is C18H15F3N4O3. The quantitative estimate of drug-likeness (QED) is 0.669. The number of amides is 2. The predicted molar refractivity (Wildman–Crippen MR) is 93.3 cm³/mol. The molecule has 0 bridgehead atoms. The Labute approximate surface area is 157 Å². The van der Waals surface area contributed by atoms with Crippen LogP contribution >= 0.6 is 0 Å². The fourth-order valence-corrected chi connectivity index (χ4v) is 2.60. The monoisotopic (exact) mass is 392 g/mol. The molecule has 1 aromatic heterocycles. The second-order valence-electron chi connectivity index (χ2n) is 5.74. The summed E-state index contributed by atoms with van der Waals surface area (Å²) in [5.74, 6) is -2.23. The maximum Gasteiger partial charge on any atom is 0.449 e.